The van der Waals surface area contributed by atoms with Gasteiger partial charge in [0, 0.05) is 0 Å². The number of hydrogen-bond acceptors (Lipinski definition) is 6. The van der Waals surface area contributed by atoms with Crippen LogP contribution in [0.4, 0.5) is 5.13 Å². The molecule has 20 heavy (non-hydrogen) atoms. The highest BCUT2D eigenvalue weighted by Gasteiger charge is 2.25. The van der Waals surface area contributed by atoms with E-state index in [4.69, 9.17) is 16.3 Å². The maximum Gasteiger partial charge on any atom is 0.336 e. The largest absolute Gasteiger partial charge is 0.464 e. The third-order valence-corrected chi connectivity index (χ3v) is 3.82. The predicted molar refractivity (Wildman–Crippen MR) is 79.4 cm³/mol. The lowest BCUT2D eigenvalue weighted by Gasteiger charge is -2.13. The summed E-state index contributed by atoms with van der Waals surface area (Å²) >= 11 is 7.37. The van der Waals surface area contributed by atoms with Crippen molar-refractivity contribution in [1.82, 2.24) is 4.98 Å². The summed E-state index contributed by atoms with van der Waals surface area (Å²) < 4.78 is 5.74. The smallest absolute Gasteiger partial charge is 0.336 e. The molecular weight excluding hydrogens is 300 g/mol. The number of nitrogens with zero attached hydrogens (tertiary/aromatic N) is 1. The number of para-hydroxylation sites is 1. The van der Waals surface area contributed by atoms with E-state index in [1.807, 2.05) is 12.1 Å². The molecule has 1 aromatic carbocycles. The first-order valence-electron chi connectivity index (χ1n) is 6.01. The van der Waals surface area contributed by atoms with E-state index in [1.165, 1.54) is 18.3 Å². The van der Waals surface area contributed by atoms with Crippen LogP contribution in [0, 0.1) is 0 Å². The fourth-order valence-corrected chi connectivity index (χ4v) is 2.85. The van der Waals surface area contributed by atoms with Gasteiger partial charge in [-0.25, -0.2) is 9.78 Å². The van der Waals surface area contributed by atoms with Crippen molar-refractivity contribution in [1.29, 1.82) is 0 Å². The van der Waals surface area contributed by atoms with E-state index in [0.29, 0.717) is 15.7 Å². The van der Waals surface area contributed by atoms with Crippen LogP contribution in [-0.2, 0) is 14.3 Å². The van der Waals surface area contributed by atoms with Crippen LogP contribution in [0.15, 0.2) is 18.2 Å². The average Bonchev–Trinajstić information content (AvgIpc) is 2.80. The van der Waals surface area contributed by atoms with Crippen molar-refractivity contribution >= 4 is 50.0 Å². The predicted octanol–water partition coefficient (Wildman–Crippen LogP) is 2.88. The van der Waals surface area contributed by atoms with Crippen molar-refractivity contribution < 1.29 is 14.3 Å². The van der Waals surface area contributed by atoms with Gasteiger partial charge in [-0.15, -0.1) is 0 Å². The van der Waals surface area contributed by atoms with Gasteiger partial charge in [0.15, 0.2) is 17.0 Å². The van der Waals surface area contributed by atoms with Gasteiger partial charge in [-0.2, -0.15) is 0 Å². The molecule has 0 saturated heterocycles. The molecule has 2 aromatic rings. The summed E-state index contributed by atoms with van der Waals surface area (Å²) in [5.41, 5.74) is 0.646. The normalized spacial score (nSPS) is 12.2. The van der Waals surface area contributed by atoms with Crippen LogP contribution in [0.3, 0.4) is 0 Å². The molecule has 1 heterocycles. The molecule has 5 nitrogen and oxygen atoms in total. The van der Waals surface area contributed by atoms with Gasteiger partial charge in [0.25, 0.3) is 0 Å². The Balaban J connectivity index is 2.27. The first-order valence-corrected chi connectivity index (χ1v) is 7.21. The van der Waals surface area contributed by atoms with Gasteiger partial charge in [-0.3, -0.25) is 4.79 Å². The molecule has 0 bridgehead atoms. The summed E-state index contributed by atoms with van der Waals surface area (Å²) in [6.45, 7) is 3.23. The topological polar surface area (TPSA) is 68.3 Å². The third kappa shape index (κ3) is 3.08. The Morgan fingerprint density at radius 3 is 2.85 bits per heavy atom. The fraction of sp³-hybridized carbons (Fsp3) is 0.308. The summed E-state index contributed by atoms with van der Waals surface area (Å²) in [4.78, 5) is 27.5. The molecule has 7 heteroatoms. The van der Waals surface area contributed by atoms with Crippen LogP contribution in [0.2, 0.25) is 5.02 Å². The number of fused-ring (bicyclic) bond motifs is 1. The van der Waals surface area contributed by atoms with Crippen molar-refractivity contribution in [3.63, 3.8) is 0 Å². The number of benzene rings is 1. The zero-order valence-electron chi connectivity index (χ0n) is 11.0. The highest BCUT2D eigenvalue weighted by atomic mass is 35.5. The Hall–Kier alpha value is -1.66. The molecule has 0 aliphatic heterocycles. The highest BCUT2D eigenvalue weighted by Crippen LogP contribution is 2.30. The number of carbonyl (C=O) groups excluding carboxylic acids is 2. The van der Waals surface area contributed by atoms with Gasteiger partial charge in [0.05, 0.1) is 16.3 Å². The molecule has 1 atom stereocenters. The average molecular weight is 313 g/mol. The molecule has 0 saturated carbocycles. The number of ether oxygens (including phenoxy) is 1. The minimum atomic E-state index is -1.05. The molecule has 1 N–H and O–H groups in total. The van der Waals surface area contributed by atoms with Crippen molar-refractivity contribution in [3.05, 3.63) is 23.2 Å². The van der Waals surface area contributed by atoms with Gasteiger partial charge in [0.2, 0.25) is 0 Å². The van der Waals surface area contributed by atoms with Gasteiger partial charge in [-0.1, -0.05) is 29.0 Å². The number of carbonyl (C=O) groups is 2. The summed E-state index contributed by atoms with van der Waals surface area (Å²) in [6.07, 6.45) is 0. The SMILES string of the molecule is CCOC(=O)C(Nc1nc2c(Cl)cccc2s1)C(C)=O. The van der Waals surface area contributed by atoms with E-state index in [1.54, 1.807) is 13.0 Å². The molecular formula is C13H13ClN2O3S. The maximum atomic E-state index is 11.7. The van der Waals surface area contributed by atoms with Gasteiger partial charge < -0.3 is 10.1 Å². The van der Waals surface area contributed by atoms with Crippen molar-refractivity contribution in [2.24, 2.45) is 0 Å². The summed E-state index contributed by atoms with van der Waals surface area (Å²) in [5.74, 6) is -0.931. The van der Waals surface area contributed by atoms with E-state index in [0.717, 1.165) is 4.70 Å². The molecule has 106 valence electrons. The Morgan fingerprint density at radius 1 is 1.50 bits per heavy atom. The fourth-order valence-electron chi connectivity index (χ4n) is 1.65. The van der Waals surface area contributed by atoms with E-state index in [9.17, 15) is 9.59 Å². The van der Waals surface area contributed by atoms with Gasteiger partial charge >= 0.3 is 5.97 Å². The minimum Gasteiger partial charge on any atom is -0.464 e. The zero-order valence-corrected chi connectivity index (χ0v) is 12.5. The number of ketones is 1. The highest BCUT2D eigenvalue weighted by molar-refractivity contribution is 7.22. The number of aromatic nitrogens is 1. The first kappa shape index (κ1) is 14.7. The molecule has 0 aliphatic carbocycles. The second kappa shape index (κ2) is 6.19. The Kier molecular flexibility index (Phi) is 4.57. The van der Waals surface area contributed by atoms with E-state index < -0.39 is 12.0 Å². The lowest BCUT2D eigenvalue weighted by atomic mass is 10.2. The first-order chi connectivity index (χ1) is 9.52. The molecule has 0 aliphatic rings. The molecule has 0 radical (unpaired) electrons. The monoisotopic (exact) mass is 312 g/mol. The summed E-state index contributed by atoms with van der Waals surface area (Å²) in [7, 11) is 0. The standard InChI is InChI=1S/C13H13ClN2O3S/c1-3-19-12(18)10(7(2)17)15-13-16-11-8(14)5-4-6-9(11)20-13/h4-6,10H,3H2,1-2H3,(H,15,16). The lowest BCUT2D eigenvalue weighted by molar-refractivity contribution is -0.146. The summed E-state index contributed by atoms with van der Waals surface area (Å²) in [6, 6.07) is 4.38. The second-order valence-corrected chi connectivity index (χ2v) is 5.48. The molecule has 0 spiro atoms. The maximum absolute atomic E-state index is 11.7. The number of thiazole rings is 1. The Labute approximate surface area is 124 Å². The Bertz CT molecular complexity index is 656. The van der Waals surface area contributed by atoms with Crippen LogP contribution in [-0.4, -0.2) is 29.4 Å². The van der Waals surface area contributed by atoms with Crippen LogP contribution in [0.5, 0.6) is 0 Å². The second-order valence-electron chi connectivity index (χ2n) is 4.05. The Morgan fingerprint density at radius 2 is 2.25 bits per heavy atom. The van der Waals surface area contributed by atoms with Crippen LogP contribution >= 0.6 is 22.9 Å². The minimum absolute atomic E-state index is 0.218. The number of halogens is 1. The van der Waals surface area contributed by atoms with E-state index in [2.05, 4.69) is 10.3 Å². The van der Waals surface area contributed by atoms with Crippen LogP contribution < -0.4 is 5.32 Å². The molecule has 0 amide bonds. The number of hydrogen-bond donors (Lipinski definition) is 1. The van der Waals surface area contributed by atoms with Crippen LogP contribution in [0.1, 0.15) is 13.8 Å². The quantitative estimate of drug-likeness (QED) is 0.679. The number of rotatable bonds is 5. The van der Waals surface area contributed by atoms with Crippen molar-refractivity contribution in [2.75, 3.05) is 11.9 Å². The lowest BCUT2D eigenvalue weighted by Crippen LogP contribution is -2.37. The molecule has 0 fully saturated rings. The zero-order chi connectivity index (χ0) is 14.7. The van der Waals surface area contributed by atoms with E-state index >= 15 is 0 Å². The number of esters is 1. The number of Topliss-reactive ketones (excluding diaryl/α,β-unsaturated/α-hetero) is 1. The number of anilines is 1. The van der Waals surface area contributed by atoms with Gasteiger partial charge in [-0.05, 0) is 26.0 Å². The van der Waals surface area contributed by atoms with Crippen LogP contribution in [0.25, 0.3) is 10.2 Å². The number of nitrogens with one attached hydrogen (secondary N) is 1. The van der Waals surface area contributed by atoms with Gasteiger partial charge in [0.1, 0.15) is 5.52 Å². The molecule has 2 rings (SSSR count). The van der Waals surface area contributed by atoms with Crippen molar-refractivity contribution in [3.8, 4) is 0 Å². The van der Waals surface area contributed by atoms with E-state index in [-0.39, 0.29) is 12.4 Å². The molecule has 1 aromatic heterocycles. The molecule has 1 unspecified atom stereocenters. The summed E-state index contributed by atoms with van der Waals surface area (Å²) in [5, 5.41) is 3.79. The third-order valence-electron chi connectivity index (χ3n) is 2.57. The van der Waals surface area contributed by atoms with Crippen molar-refractivity contribution in [2.45, 2.75) is 19.9 Å².